The number of aromatic nitrogens is 2. The summed E-state index contributed by atoms with van der Waals surface area (Å²) in [5.74, 6) is 0. The molecular weight excluding hydrogens is 597 g/mol. The quantitative estimate of drug-likeness (QED) is 0.210. The van der Waals surface area contributed by atoms with Crippen LogP contribution >= 0.6 is 0 Å². The highest BCUT2D eigenvalue weighted by molar-refractivity contribution is 7.90. The fourth-order valence-electron chi connectivity index (χ4n) is 5.70. The van der Waals surface area contributed by atoms with Crippen molar-refractivity contribution in [1.82, 2.24) is 7.94 Å². The minimum absolute atomic E-state index is 0.166. The Morgan fingerprint density at radius 3 is 1.34 bits per heavy atom. The average Bonchev–Trinajstić information content (AvgIpc) is 3.62. The molecule has 0 N–H and O–H groups in total. The van der Waals surface area contributed by atoms with Crippen LogP contribution in [0.1, 0.15) is 33.4 Å². The number of aryl methyl sites for hydroxylation is 2. The second-order valence-electron chi connectivity index (χ2n) is 11.0. The molecule has 0 fully saturated rings. The van der Waals surface area contributed by atoms with Crippen LogP contribution in [0.25, 0.3) is 22.5 Å². The molecular formula is C32H28N6O4S2. The van der Waals surface area contributed by atoms with Crippen LogP contribution in [0, 0.1) is 13.8 Å². The lowest BCUT2D eigenvalue weighted by atomic mass is 9.99. The number of benzene rings is 3. The Labute approximate surface area is 255 Å². The first kappa shape index (κ1) is 28.1. The third-order valence-corrected chi connectivity index (χ3v) is 11.4. The zero-order chi connectivity index (χ0) is 30.6. The fourth-order valence-corrected chi connectivity index (χ4v) is 8.56. The van der Waals surface area contributed by atoms with Crippen LogP contribution in [-0.4, -0.2) is 24.8 Å². The predicted octanol–water partition coefficient (Wildman–Crippen LogP) is 6.65. The molecule has 0 unspecified atom stereocenters. The van der Waals surface area contributed by atoms with Crippen LogP contribution < -0.4 is 0 Å². The van der Waals surface area contributed by atoms with Gasteiger partial charge in [0.2, 0.25) is 0 Å². The number of hydrogen-bond acceptors (Lipinski definition) is 8. The Balaban J connectivity index is 1.43. The highest BCUT2D eigenvalue weighted by Gasteiger charge is 2.30. The van der Waals surface area contributed by atoms with Gasteiger partial charge in [-0.2, -0.15) is 20.5 Å². The second kappa shape index (κ2) is 10.5. The first-order valence-electron chi connectivity index (χ1n) is 14.0. The van der Waals surface area contributed by atoms with Crippen LogP contribution in [0.2, 0.25) is 0 Å². The molecule has 3 aromatic carbocycles. The van der Waals surface area contributed by atoms with Crippen LogP contribution in [0.15, 0.2) is 115 Å². The zero-order valence-electron chi connectivity index (χ0n) is 24.0. The van der Waals surface area contributed by atoms with Gasteiger partial charge in [-0.3, -0.25) is 0 Å². The molecule has 12 heteroatoms. The van der Waals surface area contributed by atoms with E-state index in [0.29, 0.717) is 22.5 Å². The fraction of sp³-hybridized carbons (Fsp3) is 0.188. The lowest BCUT2D eigenvalue weighted by Gasteiger charge is -2.16. The van der Waals surface area contributed by atoms with Crippen molar-refractivity contribution < 1.29 is 16.8 Å². The van der Waals surface area contributed by atoms with Crippen molar-refractivity contribution in [3.8, 4) is 22.5 Å². The third kappa shape index (κ3) is 4.61. The lowest BCUT2D eigenvalue weighted by Crippen LogP contribution is -2.14. The van der Waals surface area contributed by atoms with Crippen LogP contribution in [0.4, 0.5) is 0 Å². The Morgan fingerprint density at radius 2 is 0.932 bits per heavy atom. The first-order valence-corrected chi connectivity index (χ1v) is 16.9. The van der Waals surface area contributed by atoms with Crippen LogP contribution in [-0.2, 0) is 46.2 Å². The van der Waals surface area contributed by atoms with E-state index >= 15 is 0 Å². The van der Waals surface area contributed by atoms with Gasteiger partial charge < -0.3 is 0 Å². The van der Waals surface area contributed by atoms with E-state index in [1.807, 2.05) is 38.1 Å². The van der Waals surface area contributed by atoms with Gasteiger partial charge in [-0.05, 0) is 44.2 Å². The molecule has 0 atom stereocenters. The van der Waals surface area contributed by atoms with E-state index < -0.39 is 20.0 Å². The highest BCUT2D eigenvalue weighted by Crippen LogP contribution is 2.39. The monoisotopic (exact) mass is 624 g/mol. The molecule has 0 amide bonds. The molecule has 2 aliphatic rings. The SMILES string of the molecule is Cc1ccc(S(=O)(=O)n2cc3c(c2-c2cccc(-c4c5c(cn4S(=O)(=O)c4ccc(C)cc4)CN=NC5)c2)CN=NC3)cc1. The Morgan fingerprint density at radius 1 is 0.545 bits per heavy atom. The van der Waals surface area contributed by atoms with Gasteiger partial charge in [-0.1, -0.05) is 53.6 Å². The maximum absolute atomic E-state index is 14.0. The van der Waals surface area contributed by atoms with Crippen molar-refractivity contribution in [2.24, 2.45) is 20.5 Å². The Kier molecular flexibility index (Phi) is 6.70. The smallest absolute Gasteiger partial charge is 0.240 e. The largest absolute Gasteiger partial charge is 0.268 e. The molecule has 0 bridgehead atoms. The number of rotatable bonds is 6. The van der Waals surface area contributed by atoms with Crippen molar-refractivity contribution in [2.75, 3.05) is 0 Å². The van der Waals surface area contributed by atoms with E-state index in [9.17, 15) is 16.8 Å². The summed E-state index contributed by atoms with van der Waals surface area (Å²) >= 11 is 0. The van der Waals surface area contributed by atoms with Crippen molar-refractivity contribution in [1.29, 1.82) is 0 Å². The van der Waals surface area contributed by atoms with E-state index in [-0.39, 0.29) is 36.0 Å². The van der Waals surface area contributed by atoms with Gasteiger partial charge in [0.1, 0.15) is 0 Å². The van der Waals surface area contributed by atoms with Crippen LogP contribution in [0.3, 0.4) is 0 Å². The molecule has 7 rings (SSSR count). The minimum Gasteiger partial charge on any atom is -0.240 e. The molecule has 0 saturated carbocycles. The van der Waals surface area contributed by atoms with Gasteiger partial charge in [0.25, 0.3) is 20.0 Å². The number of nitrogens with zero attached hydrogens (tertiary/aromatic N) is 6. The van der Waals surface area contributed by atoms with E-state index in [1.54, 1.807) is 60.9 Å². The van der Waals surface area contributed by atoms with Crippen molar-refractivity contribution in [2.45, 2.75) is 49.8 Å². The number of hydrogen-bond donors (Lipinski definition) is 0. The Hall–Kier alpha value is -4.68. The summed E-state index contributed by atoms with van der Waals surface area (Å²) in [4.78, 5) is 0.332. The van der Waals surface area contributed by atoms with Gasteiger partial charge in [0, 0.05) is 45.8 Å². The summed E-state index contributed by atoms with van der Waals surface area (Å²) < 4.78 is 58.7. The summed E-state index contributed by atoms with van der Waals surface area (Å²) in [6, 6.07) is 20.8. The van der Waals surface area contributed by atoms with E-state index in [1.165, 1.54) is 7.94 Å². The second-order valence-corrected chi connectivity index (χ2v) is 14.6. The predicted molar refractivity (Wildman–Crippen MR) is 165 cm³/mol. The summed E-state index contributed by atoms with van der Waals surface area (Å²) in [5, 5.41) is 16.7. The molecule has 222 valence electrons. The third-order valence-electron chi connectivity index (χ3n) is 8.04. The maximum Gasteiger partial charge on any atom is 0.268 e. The normalized spacial score (nSPS) is 14.4. The summed E-state index contributed by atoms with van der Waals surface area (Å²) in [7, 11) is -7.95. The molecule has 0 radical (unpaired) electrons. The van der Waals surface area contributed by atoms with Crippen molar-refractivity contribution in [3.63, 3.8) is 0 Å². The minimum atomic E-state index is -3.98. The van der Waals surface area contributed by atoms with Gasteiger partial charge >= 0.3 is 0 Å². The van der Waals surface area contributed by atoms with E-state index in [4.69, 9.17) is 0 Å². The molecule has 0 saturated heterocycles. The first-order chi connectivity index (χ1) is 21.1. The van der Waals surface area contributed by atoms with Gasteiger partial charge in [0.05, 0.1) is 47.4 Å². The molecule has 44 heavy (non-hydrogen) atoms. The van der Waals surface area contributed by atoms with Gasteiger partial charge in [-0.15, -0.1) is 0 Å². The van der Waals surface area contributed by atoms with E-state index in [0.717, 1.165) is 33.4 Å². The molecule has 2 aromatic heterocycles. The molecule has 0 aliphatic carbocycles. The maximum atomic E-state index is 14.0. The zero-order valence-corrected chi connectivity index (χ0v) is 25.7. The topological polar surface area (TPSA) is 128 Å². The number of fused-ring (bicyclic) bond motifs is 2. The molecule has 10 nitrogen and oxygen atoms in total. The molecule has 4 heterocycles. The standard InChI is InChI=1S/C32H28N6O4S2/c1-21-6-10-27(11-7-21)43(39,40)37-19-25-15-33-35-17-29(25)31(37)23-4-3-5-24(14-23)32-30-18-36-34-16-26(30)20-38(32)44(41,42)28-12-8-22(2)9-13-28/h3-14,19-20H,15-18H2,1-2H3. The molecule has 2 aliphatic heterocycles. The molecule has 5 aromatic rings. The summed E-state index contributed by atoms with van der Waals surface area (Å²) in [6.45, 7) is 4.82. The number of azo groups is 2. The summed E-state index contributed by atoms with van der Waals surface area (Å²) in [6.07, 6.45) is 3.25. The molecule has 0 spiro atoms. The average molecular weight is 625 g/mol. The highest BCUT2D eigenvalue weighted by atomic mass is 32.2. The Bertz CT molecular complexity index is 2060. The van der Waals surface area contributed by atoms with Crippen molar-refractivity contribution in [3.05, 3.63) is 119 Å². The van der Waals surface area contributed by atoms with Crippen LogP contribution in [0.5, 0.6) is 0 Å². The van der Waals surface area contributed by atoms with Crippen molar-refractivity contribution >= 4 is 20.0 Å². The van der Waals surface area contributed by atoms with Gasteiger partial charge in [-0.25, -0.2) is 24.8 Å². The van der Waals surface area contributed by atoms with E-state index in [2.05, 4.69) is 20.5 Å². The lowest BCUT2D eigenvalue weighted by molar-refractivity contribution is 0.586. The summed E-state index contributed by atoms with van der Waals surface area (Å²) in [5.41, 5.74) is 7.19. The van der Waals surface area contributed by atoms with Gasteiger partial charge in [0.15, 0.2) is 0 Å².